The van der Waals surface area contributed by atoms with Crippen LogP contribution in [0.1, 0.15) is 18.1 Å². The molecule has 0 saturated carbocycles. The first-order valence-corrected chi connectivity index (χ1v) is 8.00. The topological polar surface area (TPSA) is 67.9 Å². The molecule has 1 aliphatic heterocycles. The zero-order chi connectivity index (χ0) is 18.0. The number of benzene rings is 2. The second kappa shape index (κ2) is 6.47. The van der Waals surface area contributed by atoms with Crippen LogP contribution in [-0.2, 0) is 10.3 Å². The van der Waals surface area contributed by atoms with Gasteiger partial charge in [-0.25, -0.2) is 4.79 Å². The summed E-state index contributed by atoms with van der Waals surface area (Å²) < 4.78 is 10.4. The molecule has 3 amide bonds. The van der Waals surface area contributed by atoms with E-state index >= 15 is 0 Å². The predicted octanol–water partition coefficient (Wildman–Crippen LogP) is 2.52. The molecule has 6 heteroatoms. The van der Waals surface area contributed by atoms with E-state index in [1.54, 1.807) is 69.7 Å². The molecule has 130 valence electrons. The minimum atomic E-state index is -1.26. The maximum absolute atomic E-state index is 13.2. The van der Waals surface area contributed by atoms with Gasteiger partial charge in [0.15, 0.2) is 5.54 Å². The number of methoxy groups -OCH3 is 2. The Morgan fingerprint density at radius 3 is 1.64 bits per heavy atom. The fourth-order valence-electron chi connectivity index (χ4n) is 3.10. The molecule has 25 heavy (non-hydrogen) atoms. The molecule has 1 fully saturated rings. The molecular formula is C19H20N2O4. The van der Waals surface area contributed by atoms with Gasteiger partial charge in [0, 0.05) is 6.54 Å². The molecule has 0 aromatic heterocycles. The average Bonchev–Trinajstić information content (AvgIpc) is 2.92. The fraction of sp³-hybridized carbons (Fsp3) is 0.263. The van der Waals surface area contributed by atoms with Crippen LogP contribution in [0.2, 0.25) is 0 Å². The van der Waals surface area contributed by atoms with Crippen LogP contribution in [0, 0.1) is 0 Å². The molecule has 0 aliphatic carbocycles. The van der Waals surface area contributed by atoms with Crippen molar-refractivity contribution < 1.29 is 19.1 Å². The van der Waals surface area contributed by atoms with E-state index in [0.29, 0.717) is 29.2 Å². The molecule has 1 aliphatic rings. The summed E-state index contributed by atoms with van der Waals surface area (Å²) in [4.78, 5) is 26.7. The first-order chi connectivity index (χ1) is 12.1. The third-order valence-corrected chi connectivity index (χ3v) is 4.47. The summed E-state index contributed by atoms with van der Waals surface area (Å²) in [7, 11) is 3.16. The summed E-state index contributed by atoms with van der Waals surface area (Å²) in [6.07, 6.45) is 0. The van der Waals surface area contributed by atoms with Crippen LogP contribution in [-0.4, -0.2) is 37.6 Å². The molecule has 1 saturated heterocycles. The van der Waals surface area contributed by atoms with Crippen molar-refractivity contribution in [3.05, 3.63) is 59.7 Å². The van der Waals surface area contributed by atoms with Gasteiger partial charge in [-0.05, 0) is 42.3 Å². The highest BCUT2D eigenvalue weighted by Crippen LogP contribution is 2.37. The SMILES string of the molecule is CCN1C(=O)NC(c2ccc(OC)cc2)(c2ccc(OC)cc2)C1=O. The van der Waals surface area contributed by atoms with E-state index in [4.69, 9.17) is 9.47 Å². The van der Waals surface area contributed by atoms with Crippen LogP contribution in [0.5, 0.6) is 11.5 Å². The van der Waals surface area contributed by atoms with E-state index in [0.717, 1.165) is 0 Å². The van der Waals surface area contributed by atoms with Gasteiger partial charge in [0.1, 0.15) is 11.5 Å². The van der Waals surface area contributed by atoms with Crippen molar-refractivity contribution in [2.45, 2.75) is 12.5 Å². The number of carbonyl (C=O) groups is 2. The number of nitrogens with one attached hydrogen (secondary N) is 1. The Kier molecular flexibility index (Phi) is 4.35. The van der Waals surface area contributed by atoms with Crippen molar-refractivity contribution >= 4 is 11.9 Å². The normalized spacial score (nSPS) is 15.9. The van der Waals surface area contributed by atoms with Crippen molar-refractivity contribution in [1.82, 2.24) is 10.2 Å². The van der Waals surface area contributed by atoms with Crippen LogP contribution in [0.25, 0.3) is 0 Å². The van der Waals surface area contributed by atoms with Gasteiger partial charge in [-0.1, -0.05) is 24.3 Å². The van der Waals surface area contributed by atoms with Crippen LogP contribution < -0.4 is 14.8 Å². The second-order valence-electron chi connectivity index (χ2n) is 5.69. The summed E-state index contributed by atoms with van der Waals surface area (Å²) >= 11 is 0. The number of hydrogen-bond donors (Lipinski definition) is 1. The lowest BCUT2D eigenvalue weighted by atomic mass is 9.82. The molecule has 0 atom stereocenters. The minimum Gasteiger partial charge on any atom is -0.497 e. The zero-order valence-corrected chi connectivity index (χ0v) is 14.4. The zero-order valence-electron chi connectivity index (χ0n) is 14.4. The highest BCUT2D eigenvalue weighted by Gasteiger charge is 2.53. The van der Waals surface area contributed by atoms with Gasteiger partial charge in [0.25, 0.3) is 5.91 Å². The molecule has 6 nitrogen and oxygen atoms in total. The summed E-state index contributed by atoms with van der Waals surface area (Å²) in [6, 6.07) is 13.9. The Labute approximate surface area is 146 Å². The highest BCUT2D eigenvalue weighted by atomic mass is 16.5. The third-order valence-electron chi connectivity index (χ3n) is 4.47. The molecule has 0 radical (unpaired) electrons. The predicted molar refractivity (Wildman–Crippen MR) is 92.7 cm³/mol. The Hall–Kier alpha value is -3.02. The molecule has 3 rings (SSSR count). The van der Waals surface area contributed by atoms with Crippen molar-refractivity contribution in [2.24, 2.45) is 0 Å². The number of amides is 3. The van der Waals surface area contributed by atoms with Crippen molar-refractivity contribution in [2.75, 3.05) is 20.8 Å². The lowest BCUT2D eigenvalue weighted by Crippen LogP contribution is -2.45. The van der Waals surface area contributed by atoms with E-state index in [1.807, 2.05) is 0 Å². The molecular weight excluding hydrogens is 320 g/mol. The average molecular weight is 340 g/mol. The Bertz CT molecular complexity index is 737. The van der Waals surface area contributed by atoms with Crippen molar-refractivity contribution in [3.63, 3.8) is 0 Å². The summed E-state index contributed by atoms with van der Waals surface area (Å²) in [5.74, 6) is 1.06. The number of hydrogen-bond acceptors (Lipinski definition) is 4. The quantitative estimate of drug-likeness (QED) is 0.849. The first-order valence-electron chi connectivity index (χ1n) is 8.00. The van der Waals surface area contributed by atoms with Gasteiger partial charge < -0.3 is 14.8 Å². The van der Waals surface area contributed by atoms with E-state index in [2.05, 4.69) is 5.32 Å². The summed E-state index contributed by atoms with van der Waals surface area (Å²) in [5.41, 5.74) is 0.0894. The van der Waals surface area contributed by atoms with E-state index in [9.17, 15) is 9.59 Å². The van der Waals surface area contributed by atoms with Crippen molar-refractivity contribution in [1.29, 1.82) is 0 Å². The van der Waals surface area contributed by atoms with Crippen LogP contribution >= 0.6 is 0 Å². The number of ether oxygens (including phenoxy) is 2. The third kappa shape index (κ3) is 2.59. The van der Waals surface area contributed by atoms with Crippen LogP contribution in [0.3, 0.4) is 0 Å². The Morgan fingerprint density at radius 1 is 0.880 bits per heavy atom. The van der Waals surface area contributed by atoms with Gasteiger partial charge in [-0.2, -0.15) is 0 Å². The van der Waals surface area contributed by atoms with Crippen LogP contribution in [0.15, 0.2) is 48.5 Å². The number of nitrogens with zero attached hydrogens (tertiary/aromatic N) is 1. The van der Waals surface area contributed by atoms with Gasteiger partial charge in [-0.15, -0.1) is 0 Å². The molecule has 0 bridgehead atoms. The summed E-state index contributed by atoms with van der Waals surface area (Å²) in [6.45, 7) is 2.08. The number of imide groups is 1. The van der Waals surface area contributed by atoms with Gasteiger partial charge in [0.2, 0.25) is 0 Å². The number of rotatable bonds is 5. The fourth-order valence-corrected chi connectivity index (χ4v) is 3.10. The number of likely N-dealkylation sites (N-methyl/N-ethyl adjacent to an activating group) is 1. The number of carbonyl (C=O) groups excluding carboxylic acids is 2. The number of urea groups is 1. The van der Waals surface area contributed by atoms with E-state index < -0.39 is 11.6 Å². The molecule has 0 unspecified atom stereocenters. The molecule has 1 N–H and O–H groups in total. The lowest BCUT2D eigenvalue weighted by Gasteiger charge is -2.28. The second-order valence-corrected chi connectivity index (χ2v) is 5.69. The maximum atomic E-state index is 13.2. The lowest BCUT2D eigenvalue weighted by molar-refractivity contribution is -0.130. The molecule has 1 heterocycles. The van der Waals surface area contributed by atoms with E-state index in [-0.39, 0.29) is 5.91 Å². The van der Waals surface area contributed by atoms with Gasteiger partial charge >= 0.3 is 6.03 Å². The minimum absolute atomic E-state index is 0.296. The monoisotopic (exact) mass is 340 g/mol. The first kappa shape index (κ1) is 16.8. The smallest absolute Gasteiger partial charge is 0.325 e. The van der Waals surface area contributed by atoms with Crippen LogP contribution in [0.4, 0.5) is 4.79 Å². The van der Waals surface area contributed by atoms with Crippen molar-refractivity contribution in [3.8, 4) is 11.5 Å². The molecule has 2 aromatic carbocycles. The summed E-state index contributed by atoms with van der Waals surface area (Å²) in [5, 5.41) is 2.88. The standard InChI is InChI=1S/C19H20N2O4/c1-4-21-17(22)19(20-18(21)23,13-5-9-15(24-2)10-6-13)14-7-11-16(25-3)12-8-14/h5-12H,4H2,1-3H3,(H,20,23). The van der Waals surface area contributed by atoms with E-state index in [1.165, 1.54) is 4.90 Å². The van der Waals surface area contributed by atoms with Gasteiger partial charge in [0.05, 0.1) is 14.2 Å². The molecule has 2 aromatic rings. The highest BCUT2D eigenvalue weighted by molar-refractivity contribution is 6.09. The Balaban J connectivity index is 2.17. The maximum Gasteiger partial charge on any atom is 0.325 e. The largest absolute Gasteiger partial charge is 0.497 e. The van der Waals surface area contributed by atoms with Gasteiger partial charge in [-0.3, -0.25) is 9.69 Å². The molecule has 0 spiro atoms. The Morgan fingerprint density at radius 2 is 1.32 bits per heavy atom.